The minimum atomic E-state index is 0.183. The zero-order chi connectivity index (χ0) is 14.8. The Morgan fingerprint density at radius 1 is 1.10 bits per heavy atom. The number of halogens is 1. The number of carbonyl (C=O) groups is 1. The number of rotatable bonds is 10. The lowest BCUT2D eigenvalue weighted by Gasteiger charge is -2.08. The standard InChI is InChI=1S/C17H25BrO2/c1-3-4-5-6-7-8-9-10-16(19)15-12-11-14(18)13-17(15)20-2/h11-13H,3-10H2,1-2H3. The number of hydrogen-bond acceptors (Lipinski definition) is 2. The summed E-state index contributed by atoms with van der Waals surface area (Å²) < 4.78 is 6.20. The molecule has 3 heteroatoms. The summed E-state index contributed by atoms with van der Waals surface area (Å²) in [6, 6.07) is 5.57. The molecule has 0 aromatic heterocycles. The van der Waals surface area contributed by atoms with Crippen molar-refractivity contribution in [3.63, 3.8) is 0 Å². The van der Waals surface area contributed by atoms with Crippen LogP contribution >= 0.6 is 15.9 Å². The molecule has 0 saturated heterocycles. The smallest absolute Gasteiger partial charge is 0.166 e. The number of methoxy groups -OCH3 is 1. The van der Waals surface area contributed by atoms with E-state index in [1.165, 1.54) is 32.1 Å². The van der Waals surface area contributed by atoms with E-state index in [0.29, 0.717) is 17.7 Å². The molecule has 0 aliphatic heterocycles. The van der Waals surface area contributed by atoms with Crippen molar-refractivity contribution in [1.82, 2.24) is 0 Å². The number of carbonyl (C=O) groups excluding carboxylic acids is 1. The Labute approximate surface area is 131 Å². The van der Waals surface area contributed by atoms with Crippen molar-refractivity contribution in [3.8, 4) is 5.75 Å². The summed E-state index contributed by atoms with van der Waals surface area (Å²) in [6.45, 7) is 2.23. The Hall–Kier alpha value is -0.830. The predicted octanol–water partition coefficient (Wildman–Crippen LogP) is 5.78. The second-order valence-corrected chi connectivity index (χ2v) is 6.05. The number of unbranched alkanes of at least 4 members (excludes halogenated alkanes) is 6. The number of ether oxygens (including phenoxy) is 1. The molecule has 0 unspecified atom stereocenters. The van der Waals surface area contributed by atoms with Crippen molar-refractivity contribution in [3.05, 3.63) is 28.2 Å². The molecule has 0 spiro atoms. The Kier molecular flexibility index (Phi) is 8.59. The van der Waals surface area contributed by atoms with E-state index in [1.807, 2.05) is 18.2 Å². The monoisotopic (exact) mass is 340 g/mol. The molecule has 112 valence electrons. The molecule has 0 atom stereocenters. The molecule has 0 N–H and O–H groups in total. The first-order valence-corrected chi connectivity index (χ1v) is 8.35. The highest BCUT2D eigenvalue weighted by Crippen LogP contribution is 2.25. The third-order valence-corrected chi connectivity index (χ3v) is 3.96. The van der Waals surface area contributed by atoms with Crippen LogP contribution in [-0.4, -0.2) is 12.9 Å². The first-order valence-electron chi connectivity index (χ1n) is 7.55. The molecule has 2 nitrogen and oxygen atoms in total. The summed E-state index contributed by atoms with van der Waals surface area (Å²) >= 11 is 3.39. The first-order chi connectivity index (χ1) is 9.69. The zero-order valence-electron chi connectivity index (χ0n) is 12.6. The zero-order valence-corrected chi connectivity index (χ0v) is 14.2. The first kappa shape index (κ1) is 17.2. The third kappa shape index (κ3) is 6.08. The minimum Gasteiger partial charge on any atom is -0.496 e. The van der Waals surface area contributed by atoms with Gasteiger partial charge in [0.15, 0.2) is 5.78 Å². The van der Waals surface area contributed by atoms with Gasteiger partial charge in [-0.25, -0.2) is 0 Å². The highest BCUT2D eigenvalue weighted by Gasteiger charge is 2.12. The Bertz CT molecular complexity index is 415. The van der Waals surface area contributed by atoms with Gasteiger partial charge in [-0.3, -0.25) is 4.79 Å². The van der Waals surface area contributed by atoms with Crippen molar-refractivity contribution in [2.45, 2.75) is 58.3 Å². The maximum absolute atomic E-state index is 12.2. The fourth-order valence-electron chi connectivity index (χ4n) is 2.27. The SMILES string of the molecule is CCCCCCCCCC(=O)c1ccc(Br)cc1OC. The summed E-state index contributed by atoms with van der Waals surface area (Å²) in [7, 11) is 1.60. The molecular formula is C17H25BrO2. The average Bonchev–Trinajstić information content (AvgIpc) is 2.45. The molecule has 20 heavy (non-hydrogen) atoms. The van der Waals surface area contributed by atoms with Crippen molar-refractivity contribution < 1.29 is 9.53 Å². The van der Waals surface area contributed by atoms with Gasteiger partial charge in [0.25, 0.3) is 0 Å². The average molecular weight is 341 g/mol. The van der Waals surface area contributed by atoms with Crippen LogP contribution in [0.25, 0.3) is 0 Å². The van der Waals surface area contributed by atoms with E-state index in [1.54, 1.807) is 7.11 Å². The lowest BCUT2D eigenvalue weighted by Crippen LogP contribution is -2.02. The summed E-state index contributed by atoms with van der Waals surface area (Å²) in [4.78, 5) is 12.2. The van der Waals surface area contributed by atoms with E-state index in [0.717, 1.165) is 17.3 Å². The van der Waals surface area contributed by atoms with Crippen LogP contribution < -0.4 is 4.74 Å². The minimum absolute atomic E-state index is 0.183. The summed E-state index contributed by atoms with van der Waals surface area (Å²) in [5.74, 6) is 0.843. The Balaban J connectivity index is 2.32. The number of hydrogen-bond donors (Lipinski definition) is 0. The van der Waals surface area contributed by atoms with Crippen molar-refractivity contribution in [2.75, 3.05) is 7.11 Å². The van der Waals surface area contributed by atoms with Gasteiger partial charge in [-0.2, -0.15) is 0 Å². The third-order valence-electron chi connectivity index (χ3n) is 3.47. The molecular weight excluding hydrogens is 316 g/mol. The van der Waals surface area contributed by atoms with Crippen LogP contribution in [0, 0.1) is 0 Å². The molecule has 0 radical (unpaired) electrons. The topological polar surface area (TPSA) is 26.3 Å². The summed E-state index contributed by atoms with van der Waals surface area (Å²) in [5, 5.41) is 0. The van der Waals surface area contributed by atoms with E-state index in [2.05, 4.69) is 22.9 Å². The van der Waals surface area contributed by atoms with E-state index < -0.39 is 0 Å². The fourth-order valence-corrected chi connectivity index (χ4v) is 2.61. The van der Waals surface area contributed by atoms with Crippen LogP contribution in [0.3, 0.4) is 0 Å². The van der Waals surface area contributed by atoms with Crippen molar-refractivity contribution in [1.29, 1.82) is 0 Å². The van der Waals surface area contributed by atoms with Crippen LogP contribution in [0.1, 0.15) is 68.6 Å². The van der Waals surface area contributed by atoms with Gasteiger partial charge in [-0.05, 0) is 24.6 Å². The van der Waals surface area contributed by atoms with Crippen LogP contribution in [0.4, 0.5) is 0 Å². The number of Topliss-reactive ketones (excluding diaryl/α,β-unsaturated/α-hetero) is 1. The maximum Gasteiger partial charge on any atom is 0.166 e. The highest BCUT2D eigenvalue weighted by molar-refractivity contribution is 9.10. The molecule has 1 rings (SSSR count). The number of ketones is 1. The summed E-state index contributed by atoms with van der Waals surface area (Å²) in [6.07, 6.45) is 9.21. The molecule has 0 amide bonds. The molecule has 0 fully saturated rings. The van der Waals surface area contributed by atoms with Gasteiger partial charge < -0.3 is 4.74 Å². The van der Waals surface area contributed by atoms with E-state index in [-0.39, 0.29) is 5.78 Å². The van der Waals surface area contributed by atoms with Gasteiger partial charge in [-0.15, -0.1) is 0 Å². The van der Waals surface area contributed by atoms with Crippen LogP contribution in [0.15, 0.2) is 22.7 Å². The van der Waals surface area contributed by atoms with Gasteiger partial charge in [0.05, 0.1) is 12.7 Å². The van der Waals surface area contributed by atoms with E-state index in [9.17, 15) is 4.79 Å². The molecule has 0 heterocycles. The Morgan fingerprint density at radius 2 is 1.75 bits per heavy atom. The van der Waals surface area contributed by atoms with Crippen LogP contribution in [0.5, 0.6) is 5.75 Å². The van der Waals surface area contributed by atoms with Crippen molar-refractivity contribution >= 4 is 21.7 Å². The molecule has 0 bridgehead atoms. The van der Waals surface area contributed by atoms with Gasteiger partial charge in [0.1, 0.15) is 5.75 Å². The van der Waals surface area contributed by atoms with Gasteiger partial charge in [-0.1, -0.05) is 61.4 Å². The maximum atomic E-state index is 12.2. The van der Waals surface area contributed by atoms with Gasteiger partial charge in [0, 0.05) is 10.9 Å². The molecule has 0 aliphatic carbocycles. The lowest BCUT2D eigenvalue weighted by molar-refractivity contribution is 0.0976. The van der Waals surface area contributed by atoms with E-state index >= 15 is 0 Å². The quantitative estimate of drug-likeness (QED) is 0.398. The second-order valence-electron chi connectivity index (χ2n) is 5.14. The van der Waals surface area contributed by atoms with Gasteiger partial charge >= 0.3 is 0 Å². The van der Waals surface area contributed by atoms with Crippen LogP contribution in [-0.2, 0) is 0 Å². The fraction of sp³-hybridized carbons (Fsp3) is 0.588. The largest absolute Gasteiger partial charge is 0.496 e. The molecule has 0 aliphatic rings. The number of benzene rings is 1. The Morgan fingerprint density at radius 3 is 2.40 bits per heavy atom. The van der Waals surface area contributed by atoms with E-state index in [4.69, 9.17) is 4.74 Å². The van der Waals surface area contributed by atoms with Crippen molar-refractivity contribution in [2.24, 2.45) is 0 Å². The summed E-state index contributed by atoms with van der Waals surface area (Å²) in [5.41, 5.74) is 0.696. The molecule has 0 saturated carbocycles. The van der Waals surface area contributed by atoms with Gasteiger partial charge in [0.2, 0.25) is 0 Å². The van der Waals surface area contributed by atoms with Crippen LogP contribution in [0.2, 0.25) is 0 Å². The highest BCUT2D eigenvalue weighted by atomic mass is 79.9. The molecule has 1 aromatic rings. The second kappa shape index (κ2) is 9.98. The lowest BCUT2D eigenvalue weighted by atomic mass is 10.0. The predicted molar refractivity (Wildman–Crippen MR) is 87.6 cm³/mol. The normalized spacial score (nSPS) is 10.6. The molecule has 1 aromatic carbocycles.